The van der Waals surface area contributed by atoms with Gasteiger partial charge in [0.05, 0.1) is 43.0 Å². The molecule has 8 heteroatoms. The van der Waals surface area contributed by atoms with Crippen LogP contribution in [0.3, 0.4) is 0 Å². The number of hydrogen-bond acceptors (Lipinski definition) is 8. The van der Waals surface area contributed by atoms with Crippen LogP contribution in [0.5, 0.6) is 0 Å². The first-order valence-electron chi connectivity index (χ1n) is 10.5. The van der Waals surface area contributed by atoms with Gasteiger partial charge in [-0.2, -0.15) is 9.97 Å². The second-order valence-electron chi connectivity index (χ2n) is 7.90. The van der Waals surface area contributed by atoms with Crippen molar-refractivity contribution in [2.24, 2.45) is 0 Å². The highest BCUT2D eigenvalue weighted by molar-refractivity contribution is 5.90. The summed E-state index contributed by atoms with van der Waals surface area (Å²) in [5.41, 5.74) is 2.61. The van der Waals surface area contributed by atoms with Gasteiger partial charge in [0.2, 0.25) is 5.95 Å². The molecule has 0 aromatic carbocycles. The van der Waals surface area contributed by atoms with Crippen LogP contribution in [0.15, 0.2) is 36.7 Å². The fourth-order valence-corrected chi connectivity index (χ4v) is 4.07. The predicted molar refractivity (Wildman–Crippen MR) is 116 cm³/mol. The van der Waals surface area contributed by atoms with Crippen LogP contribution in [0.4, 0.5) is 11.8 Å². The number of ether oxygens (including phenoxy) is 2. The van der Waals surface area contributed by atoms with E-state index < -0.39 is 0 Å². The fourth-order valence-electron chi connectivity index (χ4n) is 4.07. The summed E-state index contributed by atoms with van der Waals surface area (Å²) in [5, 5.41) is 0.964. The van der Waals surface area contributed by atoms with E-state index in [0.29, 0.717) is 31.4 Å². The highest BCUT2D eigenvalue weighted by Crippen LogP contribution is 2.30. The van der Waals surface area contributed by atoms with Crippen molar-refractivity contribution in [3.05, 3.63) is 36.7 Å². The maximum Gasteiger partial charge on any atom is 0.229 e. The summed E-state index contributed by atoms with van der Waals surface area (Å²) in [6.45, 7) is 8.67. The smallest absolute Gasteiger partial charge is 0.229 e. The van der Waals surface area contributed by atoms with Crippen LogP contribution in [0, 0.1) is 0 Å². The minimum atomic E-state index is 0.153. The molecule has 0 aliphatic carbocycles. The minimum Gasteiger partial charge on any atom is -0.377 e. The molecular weight excluding hydrogens is 380 g/mol. The van der Waals surface area contributed by atoms with E-state index in [4.69, 9.17) is 24.4 Å². The first kappa shape index (κ1) is 19.1. The zero-order valence-corrected chi connectivity index (χ0v) is 17.4. The summed E-state index contributed by atoms with van der Waals surface area (Å²) in [6.07, 6.45) is 3.71. The van der Waals surface area contributed by atoms with E-state index in [-0.39, 0.29) is 12.1 Å². The Morgan fingerprint density at radius 3 is 2.63 bits per heavy atom. The summed E-state index contributed by atoms with van der Waals surface area (Å²) in [6, 6.07) is 8.29. The van der Waals surface area contributed by atoms with Crippen LogP contribution in [0.2, 0.25) is 0 Å². The van der Waals surface area contributed by atoms with Gasteiger partial charge in [0, 0.05) is 37.6 Å². The number of anilines is 2. The fraction of sp³-hybridized carbons (Fsp3) is 0.455. The molecule has 2 saturated heterocycles. The van der Waals surface area contributed by atoms with Crippen molar-refractivity contribution >= 4 is 22.8 Å². The monoisotopic (exact) mass is 406 g/mol. The molecule has 2 aliphatic rings. The maximum atomic E-state index is 5.71. The van der Waals surface area contributed by atoms with Gasteiger partial charge < -0.3 is 19.3 Å². The van der Waals surface area contributed by atoms with E-state index in [9.17, 15) is 0 Å². The molecule has 0 unspecified atom stereocenters. The molecule has 0 spiro atoms. The van der Waals surface area contributed by atoms with E-state index in [2.05, 4.69) is 34.7 Å². The lowest BCUT2D eigenvalue weighted by molar-refractivity contribution is 0.0526. The van der Waals surface area contributed by atoms with Gasteiger partial charge in [-0.05, 0) is 38.1 Å². The Morgan fingerprint density at radius 1 is 0.967 bits per heavy atom. The van der Waals surface area contributed by atoms with Crippen LogP contribution >= 0.6 is 0 Å². The SMILES string of the molecule is C[C@H]1CN(c2nc(N3CCOC[C@@H]3C)c3ccc(-c4ccncc4)nc3n2)CCO1. The van der Waals surface area contributed by atoms with E-state index in [1.54, 1.807) is 12.4 Å². The minimum absolute atomic E-state index is 0.153. The Bertz CT molecular complexity index is 1030. The van der Waals surface area contributed by atoms with Crippen LogP contribution in [0.25, 0.3) is 22.3 Å². The number of hydrogen-bond donors (Lipinski definition) is 0. The van der Waals surface area contributed by atoms with Crippen molar-refractivity contribution in [3.8, 4) is 11.3 Å². The molecule has 2 aliphatic heterocycles. The zero-order chi connectivity index (χ0) is 20.5. The third kappa shape index (κ3) is 3.68. The lowest BCUT2D eigenvalue weighted by Gasteiger charge is -2.36. The molecule has 3 aromatic heterocycles. The molecule has 0 amide bonds. The van der Waals surface area contributed by atoms with Crippen LogP contribution < -0.4 is 9.80 Å². The molecule has 156 valence electrons. The number of nitrogens with zero attached hydrogens (tertiary/aromatic N) is 6. The molecule has 0 bridgehead atoms. The molecule has 2 fully saturated rings. The molecule has 0 radical (unpaired) electrons. The van der Waals surface area contributed by atoms with Crippen molar-refractivity contribution in [1.29, 1.82) is 0 Å². The van der Waals surface area contributed by atoms with Gasteiger partial charge in [0.1, 0.15) is 5.82 Å². The normalized spacial score (nSPS) is 22.5. The Kier molecular flexibility index (Phi) is 5.18. The van der Waals surface area contributed by atoms with Crippen molar-refractivity contribution in [2.45, 2.75) is 26.0 Å². The molecule has 0 saturated carbocycles. The number of fused-ring (bicyclic) bond motifs is 1. The van der Waals surface area contributed by atoms with Gasteiger partial charge >= 0.3 is 0 Å². The molecule has 0 N–H and O–H groups in total. The van der Waals surface area contributed by atoms with E-state index >= 15 is 0 Å². The molecule has 3 aromatic rings. The standard InChI is InChI=1S/C22H26N6O2/c1-15-14-29-11-10-28(15)21-18-3-4-19(17-5-7-23-8-6-17)24-20(18)25-22(26-21)27-9-12-30-16(2)13-27/h3-8,15-16H,9-14H2,1-2H3/t15-,16-/m0/s1. The molecule has 8 nitrogen and oxygen atoms in total. The lowest BCUT2D eigenvalue weighted by atomic mass is 10.1. The van der Waals surface area contributed by atoms with Gasteiger partial charge in [0.15, 0.2) is 5.65 Å². The van der Waals surface area contributed by atoms with Crippen molar-refractivity contribution in [1.82, 2.24) is 19.9 Å². The van der Waals surface area contributed by atoms with Crippen LogP contribution in [-0.2, 0) is 9.47 Å². The average molecular weight is 406 g/mol. The predicted octanol–water partition coefficient (Wildman–Crippen LogP) is 2.54. The molecular formula is C22H26N6O2. The first-order valence-corrected chi connectivity index (χ1v) is 10.5. The highest BCUT2D eigenvalue weighted by Gasteiger charge is 2.26. The number of rotatable bonds is 3. The Labute approximate surface area is 175 Å². The van der Waals surface area contributed by atoms with E-state index in [1.165, 1.54) is 0 Å². The third-order valence-corrected chi connectivity index (χ3v) is 5.67. The summed E-state index contributed by atoms with van der Waals surface area (Å²) < 4.78 is 11.4. The molecule has 5 heterocycles. The Balaban J connectivity index is 1.64. The van der Waals surface area contributed by atoms with Crippen LogP contribution in [0.1, 0.15) is 13.8 Å². The topological polar surface area (TPSA) is 76.5 Å². The van der Waals surface area contributed by atoms with Gasteiger partial charge in [-0.15, -0.1) is 0 Å². The lowest BCUT2D eigenvalue weighted by Crippen LogP contribution is -2.45. The third-order valence-electron chi connectivity index (χ3n) is 5.67. The average Bonchev–Trinajstić information content (AvgIpc) is 2.79. The second-order valence-corrected chi connectivity index (χ2v) is 7.90. The second kappa shape index (κ2) is 8.12. The zero-order valence-electron chi connectivity index (χ0n) is 17.4. The van der Waals surface area contributed by atoms with Crippen LogP contribution in [-0.4, -0.2) is 71.5 Å². The number of aromatic nitrogens is 4. The van der Waals surface area contributed by atoms with Crippen molar-refractivity contribution < 1.29 is 9.47 Å². The highest BCUT2D eigenvalue weighted by atomic mass is 16.5. The summed E-state index contributed by atoms with van der Waals surface area (Å²) in [4.78, 5) is 23.4. The summed E-state index contributed by atoms with van der Waals surface area (Å²) in [5.74, 6) is 1.64. The molecule has 30 heavy (non-hydrogen) atoms. The maximum absolute atomic E-state index is 5.71. The number of pyridine rings is 2. The summed E-state index contributed by atoms with van der Waals surface area (Å²) >= 11 is 0. The van der Waals surface area contributed by atoms with Gasteiger partial charge in [0.25, 0.3) is 0 Å². The largest absolute Gasteiger partial charge is 0.377 e. The van der Waals surface area contributed by atoms with Crippen molar-refractivity contribution in [3.63, 3.8) is 0 Å². The Morgan fingerprint density at radius 2 is 1.83 bits per heavy atom. The van der Waals surface area contributed by atoms with Gasteiger partial charge in [-0.25, -0.2) is 4.98 Å². The summed E-state index contributed by atoms with van der Waals surface area (Å²) in [7, 11) is 0. The first-order chi connectivity index (χ1) is 14.7. The number of morpholine rings is 2. The van der Waals surface area contributed by atoms with E-state index in [1.807, 2.05) is 18.2 Å². The molecule has 2 atom stereocenters. The van der Waals surface area contributed by atoms with E-state index in [0.717, 1.165) is 42.1 Å². The van der Waals surface area contributed by atoms with Crippen molar-refractivity contribution in [2.75, 3.05) is 49.3 Å². The van der Waals surface area contributed by atoms with Gasteiger partial charge in [-0.1, -0.05) is 0 Å². The molecule has 5 rings (SSSR count). The van der Waals surface area contributed by atoms with Gasteiger partial charge in [-0.3, -0.25) is 4.98 Å². The Hall–Kier alpha value is -2.84. The quantitative estimate of drug-likeness (QED) is 0.657.